The molecule has 9 nitrogen and oxygen atoms in total. The minimum absolute atomic E-state index is 0.185. The fraction of sp³-hybridized carbons (Fsp3) is 0.267. The van der Waals surface area contributed by atoms with Gasteiger partial charge in [-0.3, -0.25) is 4.79 Å². The van der Waals surface area contributed by atoms with Crippen LogP contribution >= 0.6 is 11.6 Å². The molecule has 2 aromatic carbocycles. The lowest BCUT2D eigenvalue weighted by atomic mass is 10.1. The van der Waals surface area contributed by atoms with Crippen LogP contribution in [-0.2, 0) is 9.53 Å². The van der Waals surface area contributed by atoms with Gasteiger partial charge in [-0.2, -0.15) is 0 Å². The van der Waals surface area contributed by atoms with E-state index in [1.54, 1.807) is 49.4 Å². The fourth-order valence-electron chi connectivity index (χ4n) is 3.89. The molecule has 40 heavy (non-hydrogen) atoms. The number of carbonyl (C=O) groups excluding carboxylic acids is 2. The van der Waals surface area contributed by atoms with Gasteiger partial charge >= 0.3 is 5.97 Å². The highest BCUT2D eigenvalue weighted by atomic mass is 35.5. The number of amides is 1. The summed E-state index contributed by atoms with van der Waals surface area (Å²) in [6, 6.07) is 12.2. The highest BCUT2D eigenvalue weighted by Gasteiger charge is 2.17. The van der Waals surface area contributed by atoms with Gasteiger partial charge in [0, 0.05) is 29.4 Å². The van der Waals surface area contributed by atoms with Gasteiger partial charge in [-0.05, 0) is 82.2 Å². The van der Waals surface area contributed by atoms with E-state index in [9.17, 15) is 9.59 Å². The molecular formula is C30H32ClN5O4. The van der Waals surface area contributed by atoms with Gasteiger partial charge < -0.3 is 25.4 Å². The predicted molar refractivity (Wildman–Crippen MR) is 157 cm³/mol. The largest absolute Gasteiger partial charge is 0.463 e. The molecule has 1 amide bonds. The Labute approximate surface area is 238 Å². The van der Waals surface area contributed by atoms with E-state index in [4.69, 9.17) is 21.1 Å². The van der Waals surface area contributed by atoms with Crippen molar-refractivity contribution in [3.05, 3.63) is 82.7 Å². The summed E-state index contributed by atoms with van der Waals surface area (Å²) in [5.74, 6) is 1.61. The third-order valence-electron chi connectivity index (χ3n) is 5.65. The molecular weight excluding hydrogens is 530 g/mol. The Morgan fingerprint density at radius 1 is 1.15 bits per heavy atom. The second kappa shape index (κ2) is 12.7. The van der Waals surface area contributed by atoms with Crippen molar-refractivity contribution in [3.8, 4) is 11.5 Å². The Bertz CT molecular complexity index is 1460. The van der Waals surface area contributed by atoms with E-state index >= 15 is 0 Å². The van der Waals surface area contributed by atoms with E-state index in [0.29, 0.717) is 59.0 Å². The lowest BCUT2D eigenvalue weighted by Crippen LogP contribution is -2.40. The minimum atomic E-state index is -0.389. The number of anilines is 3. The Balaban J connectivity index is 1.52. The second-order valence-corrected chi connectivity index (χ2v) is 10.5. The molecule has 0 saturated carbocycles. The summed E-state index contributed by atoms with van der Waals surface area (Å²) in [4.78, 5) is 33.1. The van der Waals surface area contributed by atoms with Crippen molar-refractivity contribution >= 4 is 46.9 Å². The number of nitrogens with one attached hydrogen (secondary N) is 3. The number of nitrogens with zero attached hydrogens (tertiary/aromatic N) is 2. The maximum atomic E-state index is 12.5. The number of halogens is 1. The second-order valence-electron chi connectivity index (χ2n) is 10.1. The molecule has 0 saturated heterocycles. The Morgan fingerprint density at radius 3 is 2.73 bits per heavy atom. The van der Waals surface area contributed by atoms with Crippen LogP contribution in [0.15, 0.2) is 66.5 Å². The predicted octanol–water partition coefficient (Wildman–Crippen LogP) is 6.51. The maximum absolute atomic E-state index is 12.5. The molecule has 0 unspecified atom stereocenters. The van der Waals surface area contributed by atoms with Crippen LogP contribution in [-0.4, -0.2) is 40.5 Å². The van der Waals surface area contributed by atoms with Crippen molar-refractivity contribution in [3.63, 3.8) is 0 Å². The summed E-state index contributed by atoms with van der Waals surface area (Å²) in [6.07, 6.45) is 7.28. The van der Waals surface area contributed by atoms with Crippen molar-refractivity contribution in [1.82, 2.24) is 15.3 Å². The first-order valence-electron chi connectivity index (χ1n) is 12.9. The molecule has 1 aliphatic rings. The van der Waals surface area contributed by atoms with Gasteiger partial charge in [0.05, 0.1) is 17.2 Å². The average Bonchev–Trinajstić information content (AvgIpc) is 3.11. The number of benzene rings is 2. The molecule has 0 radical (unpaired) electrons. The smallest absolute Gasteiger partial charge is 0.330 e. The topological polar surface area (TPSA) is 114 Å². The van der Waals surface area contributed by atoms with Crippen molar-refractivity contribution in [2.24, 2.45) is 0 Å². The van der Waals surface area contributed by atoms with E-state index in [2.05, 4.69) is 25.9 Å². The molecule has 4 rings (SSSR count). The van der Waals surface area contributed by atoms with E-state index in [0.717, 1.165) is 11.1 Å². The average molecular weight is 562 g/mol. The third kappa shape index (κ3) is 7.83. The molecule has 0 aliphatic carbocycles. The molecule has 3 N–H and O–H groups in total. The van der Waals surface area contributed by atoms with Crippen LogP contribution in [0.4, 0.5) is 17.3 Å². The van der Waals surface area contributed by atoms with Gasteiger partial charge in [-0.1, -0.05) is 23.7 Å². The van der Waals surface area contributed by atoms with E-state index in [-0.39, 0.29) is 17.4 Å². The maximum Gasteiger partial charge on any atom is 0.330 e. The molecule has 0 spiro atoms. The molecule has 1 aromatic heterocycles. The Kier molecular flexibility index (Phi) is 9.06. The zero-order chi connectivity index (χ0) is 28.7. The number of ether oxygens (including phenoxy) is 2. The number of aromatic nitrogens is 2. The van der Waals surface area contributed by atoms with Crippen LogP contribution in [0, 0.1) is 0 Å². The summed E-state index contributed by atoms with van der Waals surface area (Å²) < 4.78 is 11.0. The van der Waals surface area contributed by atoms with Crippen LogP contribution in [0.5, 0.6) is 11.5 Å². The fourth-order valence-corrected chi connectivity index (χ4v) is 4.11. The summed E-state index contributed by atoms with van der Waals surface area (Å²) in [5, 5.41) is 9.92. The van der Waals surface area contributed by atoms with Crippen LogP contribution in [0.3, 0.4) is 0 Å². The van der Waals surface area contributed by atoms with Gasteiger partial charge in [0.15, 0.2) is 0 Å². The van der Waals surface area contributed by atoms with E-state index in [1.165, 1.54) is 12.4 Å². The molecule has 2 heterocycles. The van der Waals surface area contributed by atoms with Crippen molar-refractivity contribution in [1.29, 1.82) is 0 Å². The highest BCUT2D eigenvalue weighted by molar-refractivity contribution is 6.32. The third-order valence-corrected chi connectivity index (χ3v) is 5.94. The number of allylic oxidation sites excluding steroid dienone is 1. The van der Waals surface area contributed by atoms with Gasteiger partial charge in [-0.15, -0.1) is 0 Å². The monoisotopic (exact) mass is 561 g/mol. The van der Waals surface area contributed by atoms with Crippen LogP contribution in [0.2, 0.25) is 5.02 Å². The Hall–Kier alpha value is -4.37. The van der Waals surface area contributed by atoms with Gasteiger partial charge in [-0.25, -0.2) is 14.8 Å². The normalized spacial score (nSPS) is 13.0. The first-order valence-corrected chi connectivity index (χ1v) is 13.3. The number of fused-ring (bicyclic) bond motifs is 1. The van der Waals surface area contributed by atoms with Crippen molar-refractivity contribution in [2.45, 2.75) is 39.7 Å². The molecule has 3 aromatic rings. The number of rotatable bonds is 8. The zero-order valence-electron chi connectivity index (χ0n) is 22.9. The molecule has 208 valence electrons. The zero-order valence-corrected chi connectivity index (χ0v) is 23.6. The van der Waals surface area contributed by atoms with Gasteiger partial charge in [0.2, 0.25) is 0 Å². The van der Waals surface area contributed by atoms with Gasteiger partial charge in [0.25, 0.3) is 5.91 Å². The minimum Gasteiger partial charge on any atom is -0.463 e. The number of hydrogen-bond acceptors (Lipinski definition) is 8. The standard InChI is InChI=1S/C30H32ClN5O4/c1-5-39-26(37)12-9-19-13-14-32-27-23(15-19)28(34-18-33-27)35-21-10-11-25(24(31)17-21)40-22-8-6-7-20(16-22)29(38)36-30(2,3)4/h6-12,15-18H,5,13-14H2,1-4H3,(H,36,38)(H2,32,33,34,35). The van der Waals surface area contributed by atoms with E-state index in [1.807, 2.05) is 32.9 Å². The first-order chi connectivity index (χ1) is 19.1. The van der Waals surface area contributed by atoms with Crippen molar-refractivity contribution in [2.75, 3.05) is 23.8 Å². The van der Waals surface area contributed by atoms with Crippen LogP contribution in [0.1, 0.15) is 50.0 Å². The Morgan fingerprint density at radius 2 is 1.98 bits per heavy atom. The summed E-state index contributed by atoms with van der Waals surface area (Å²) in [5.41, 5.74) is 2.51. The van der Waals surface area contributed by atoms with Crippen LogP contribution in [0.25, 0.3) is 6.08 Å². The summed E-state index contributed by atoms with van der Waals surface area (Å²) in [7, 11) is 0. The lowest BCUT2D eigenvalue weighted by molar-refractivity contribution is -0.137. The van der Waals surface area contributed by atoms with Crippen LogP contribution < -0.4 is 20.7 Å². The lowest BCUT2D eigenvalue weighted by Gasteiger charge is -2.20. The molecule has 0 bridgehead atoms. The molecule has 10 heteroatoms. The molecule has 0 atom stereocenters. The number of hydrogen-bond donors (Lipinski definition) is 3. The highest BCUT2D eigenvalue weighted by Crippen LogP contribution is 2.34. The quantitative estimate of drug-likeness (QED) is 0.210. The summed E-state index contributed by atoms with van der Waals surface area (Å²) >= 11 is 6.57. The number of carbonyl (C=O) groups is 2. The van der Waals surface area contributed by atoms with E-state index < -0.39 is 0 Å². The molecule has 0 fully saturated rings. The summed E-state index contributed by atoms with van der Waals surface area (Å²) in [6.45, 7) is 8.52. The SMILES string of the molecule is CCOC(=O)C=CC1=Cc2c(ncnc2Nc2ccc(Oc3cccc(C(=O)NC(C)(C)C)c3)c(Cl)c2)NCC1. The van der Waals surface area contributed by atoms with Gasteiger partial charge in [0.1, 0.15) is 29.5 Å². The van der Waals surface area contributed by atoms with Crippen molar-refractivity contribution < 1.29 is 19.1 Å². The number of esters is 1. The molecule has 1 aliphatic heterocycles. The first kappa shape index (κ1) is 28.6.